The van der Waals surface area contributed by atoms with E-state index >= 15 is 0 Å². The summed E-state index contributed by atoms with van der Waals surface area (Å²) in [6.07, 6.45) is 0. The molecular weight excluding hydrogens is 210 g/mol. The van der Waals surface area contributed by atoms with Crippen molar-refractivity contribution in [2.24, 2.45) is 0 Å². The maximum absolute atomic E-state index is 5.56. The van der Waals surface area contributed by atoms with E-state index in [4.69, 9.17) is 15.2 Å². The van der Waals surface area contributed by atoms with Gasteiger partial charge in [-0.25, -0.2) is 0 Å². The van der Waals surface area contributed by atoms with Gasteiger partial charge in [-0.2, -0.15) is 15.0 Å². The SMILES string of the molecule is CCN(CCOC)c1nc(N)nc(OC)n1. The van der Waals surface area contributed by atoms with Crippen LogP contribution in [0.15, 0.2) is 0 Å². The first-order valence-corrected chi connectivity index (χ1v) is 5.00. The molecule has 7 nitrogen and oxygen atoms in total. The zero-order valence-electron chi connectivity index (χ0n) is 9.80. The molecule has 0 aliphatic heterocycles. The Hall–Kier alpha value is -1.63. The number of nitrogen functional groups attached to an aromatic ring is 1. The Kier molecular flexibility index (Phi) is 4.71. The first-order chi connectivity index (χ1) is 7.71. The van der Waals surface area contributed by atoms with Gasteiger partial charge in [0.05, 0.1) is 13.7 Å². The van der Waals surface area contributed by atoms with Crippen LogP contribution in [0.2, 0.25) is 0 Å². The summed E-state index contributed by atoms with van der Waals surface area (Å²) in [6, 6.07) is 0.221. The quantitative estimate of drug-likeness (QED) is 0.728. The molecule has 1 aromatic rings. The van der Waals surface area contributed by atoms with Crippen molar-refractivity contribution in [1.82, 2.24) is 15.0 Å². The van der Waals surface area contributed by atoms with Gasteiger partial charge < -0.3 is 20.1 Å². The van der Waals surface area contributed by atoms with Gasteiger partial charge in [-0.05, 0) is 6.92 Å². The molecule has 90 valence electrons. The Balaban J connectivity index is 2.86. The zero-order chi connectivity index (χ0) is 12.0. The van der Waals surface area contributed by atoms with Crippen LogP contribution in [0.1, 0.15) is 6.92 Å². The van der Waals surface area contributed by atoms with E-state index in [-0.39, 0.29) is 12.0 Å². The maximum Gasteiger partial charge on any atom is 0.322 e. The normalized spacial score (nSPS) is 10.2. The Bertz CT molecular complexity index is 334. The fraction of sp³-hybridized carbons (Fsp3) is 0.667. The average Bonchev–Trinajstić information content (AvgIpc) is 2.29. The second-order valence-electron chi connectivity index (χ2n) is 3.05. The van der Waals surface area contributed by atoms with Gasteiger partial charge in [0.1, 0.15) is 0 Å². The van der Waals surface area contributed by atoms with Gasteiger partial charge in [0.15, 0.2) is 0 Å². The van der Waals surface area contributed by atoms with E-state index < -0.39 is 0 Å². The molecule has 1 rings (SSSR count). The second kappa shape index (κ2) is 6.06. The van der Waals surface area contributed by atoms with Crippen LogP contribution in [0.3, 0.4) is 0 Å². The molecule has 0 spiro atoms. The molecule has 1 aromatic heterocycles. The van der Waals surface area contributed by atoms with Crippen LogP contribution in [0.5, 0.6) is 6.01 Å². The van der Waals surface area contributed by atoms with Crippen molar-refractivity contribution in [3.8, 4) is 6.01 Å². The summed E-state index contributed by atoms with van der Waals surface area (Å²) in [4.78, 5) is 13.9. The highest BCUT2D eigenvalue weighted by Gasteiger charge is 2.10. The number of hydrogen-bond acceptors (Lipinski definition) is 7. The van der Waals surface area contributed by atoms with Crippen LogP contribution < -0.4 is 15.4 Å². The summed E-state index contributed by atoms with van der Waals surface area (Å²) in [5.74, 6) is 0.654. The molecule has 0 amide bonds. The molecule has 0 bridgehead atoms. The average molecular weight is 227 g/mol. The van der Waals surface area contributed by atoms with Gasteiger partial charge in [-0.15, -0.1) is 0 Å². The predicted molar refractivity (Wildman–Crippen MR) is 60.6 cm³/mol. The Labute approximate surface area is 94.6 Å². The van der Waals surface area contributed by atoms with E-state index in [1.807, 2.05) is 11.8 Å². The van der Waals surface area contributed by atoms with Crippen LogP contribution in [0, 0.1) is 0 Å². The lowest BCUT2D eigenvalue weighted by Gasteiger charge is -2.20. The number of nitrogens with zero attached hydrogens (tertiary/aromatic N) is 4. The van der Waals surface area contributed by atoms with Crippen molar-refractivity contribution in [2.75, 3.05) is 44.5 Å². The van der Waals surface area contributed by atoms with Gasteiger partial charge in [-0.1, -0.05) is 0 Å². The first-order valence-electron chi connectivity index (χ1n) is 5.00. The summed E-state index contributed by atoms with van der Waals surface area (Å²) in [5, 5.41) is 0. The highest BCUT2D eigenvalue weighted by atomic mass is 16.5. The van der Waals surface area contributed by atoms with Crippen LogP contribution in [0.25, 0.3) is 0 Å². The number of likely N-dealkylation sites (N-methyl/N-ethyl adjacent to an activating group) is 1. The highest BCUT2D eigenvalue weighted by Crippen LogP contribution is 2.12. The summed E-state index contributed by atoms with van der Waals surface area (Å²) in [5.41, 5.74) is 5.56. The minimum atomic E-state index is 0.151. The molecule has 0 unspecified atom stereocenters. The van der Waals surface area contributed by atoms with Crippen molar-refractivity contribution in [2.45, 2.75) is 6.92 Å². The van der Waals surface area contributed by atoms with Gasteiger partial charge in [0, 0.05) is 20.2 Å². The first kappa shape index (κ1) is 12.4. The van der Waals surface area contributed by atoms with Crippen LogP contribution >= 0.6 is 0 Å². The van der Waals surface area contributed by atoms with Crippen molar-refractivity contribution in [3.63, 3.8) is 0 Å². The molecule has 0 saturated heterocycles. The van der Waals surface area contributed by atoms with E-state index in [9.17, 15) is 0 Å². The molecule has 0 aliphatic rings. The summed E-state index contributed by atoms with van der Waals surface area (Å²) < 4.78 is 9.94. The Morgan fingerprint density at radius 3 is 2.56 bits per heavy atom. The lowest BCUT2D eigenvalue weighted by atomic mass is 10.5. The largest absolute Gasteiger partial charge is 0.467 e. The third kappa shape index (κ3) is 3.20. The minimum Gasteiger partial charge on any atom is -0.467 e. The molecule has 1 heterocycles. The highest BCUT2D eigenvalue weighted by molar-refractivity contribution is 5.35. The molecule has 0 aliphatic carbocycles. The predicted octanol–water partition coefficient (Wildman–Crippen LogP) is -0.0649. The topological polar surface area (TPSA) is 86.4 Å². The smallest absolute Gasteiger partial charge is 0.322 e. The van der Waals surface area contributed by atoms with Crippen molar-refractivity contribution in [1.29, 1.82) is 0 Å². The second-order valence-corrected chi connectivity index (χ2v) is 3.05. The van der Waals surface area contributed by atoms with Crippen LogP contribution in [-0.2, 0) is 4.74 Å². The summed E-state index contributed by atoms with van der Waals surface area (Å²) in [6.45, 7) is 4.05. The third-order valence-electron chi connectivity index (χ3n) is 2.03. The molecule has 7 heteroatoms. The van der Waals surface area contributed by atoms with E-state index in [0.29, 0.717) is 19.1 Å². The molecule has 0 radical (unpaired) electrons. The van der Waals surface area contributed by atoms with E-state index in [0.717, 1.165) is 6.54 Å². The Morgan fingerprint density at radius 1 is 1.25 bits per heavy atom. The van der Waals surface area contributed by atoms with E-state index in [2.05, 4.69) is 15.0 Å². The fourth-order valence-corrected chi connectivity index (χ4v) is 1.19. The standard InChI is InChI=1S/C9H17N5O2/c1-4-14(5-6-15-2)8-11-7(10)12-9(13-8)16-3/h4-6H2,1-3H3,(H2,10,11,12,13). The monoisotopic (exact) mass is 227 g/mol. The number of nitrogens with two attached hydrogens (primary N) is 1. The van der Waals surface area contributed by atoms with Crippen LogP contribution in [0.4, 0.5) is 11.9 Å². The molecule has 0 fully saturated rings. The fourth-order valence-electron chi connectivity index (χ4n) is 1.19. The lowest BCUT2D eigenvalue weighted by molar-refractivity contribution is 0.205. The van der Waals surface area contributed by atoms with Crippen molar-refractivity contribution >= 4 is 11.9 Å². The van der Waals surface area contributed by atoms with Gasteiger partial charge >= 0.3 is 6.01 Å². The van der Waals surface area contributed by atoms with Gasteiger partial charge in [-0.3, -0.25) is 0 Å². The molecule has 0 aromatic carbocycles. The van der Waals surface area contributed by atoms with Gasteiger partial charge in [0.2, 0.25) is 11.9 Å². The third-order valence-corrected chi connectivity index (χ3v) is 2.03. The van der Waals surface area contributed by atoms with Crippen LogP contribution in [-0.4, -0.2) is 48.9 Å². The molecule has 0 saturated carbocycles. The van der Waals surface area contributed by atoms with E-state index in [1.54, 1.807) is 7.11 Å². The number of anilines is 2. The number of ether oxygens (including phenoxy) is 2. The molecular formula is C9H17N5O2. The van der Waals surface area contributed by atoms with Crippen molar-refractivity contribution < 1.29 is 9.47 Å². The van der Waals surface area contributed by atoms with Gasteiger partial charge in [0.25, 0.3) is 0 Å². The number of aromatic nitrogens is 3. The summed E-state index contributed by atoms with van der Waals surface area (Å²) >= 11 is 0. The number of methoxy groups -OCH3 is 2. The zero-order valence-corrected chi connectivity index (χ0v) is 9.80. The maximum atomic E-state index is 5.56. The molecule has 16 heavy (non-hydrogen) atoms. The summed E-state index contributed by atoms with van der Waals surface area (Å²) in [7, 11) is 3.14. The van der Waals surface area contributed by atoms with Crippen molar-refractivity contribution in [3.05, 3.63) is 0 Å². The number of hydrogen-bond donors (Lipinski definition) is 1. The Morgan fingerprint density at radius 2 is 2.00 bits per heavy atom. The minimum absolute atomic E-state index is 0.151. The molecule has 2 N–H and O–H groups in total. The lowest BCUT2D eigenvalue weighted by Crippen LogP contribution is -2.29. The molecule has 0 atom stereocenters. The number of rotatable bonds is 6. The van der Waals surface area contributed by atoms with E-state index in [1.165, 1.54) is 7.11 Å².